The summed E-state index contributed by atoms with van der Waals surface area (Å²) in [6.07, 6.45) is 10.8. The highest BCUT2D eigenvalue weighted by atomic mass is 16.7. The van der Waals surface area contributed by atoms with Crippen molar-refractivity contribution in [1.82, 2.24) is 18.7 Å². The van der Waals surface area contributed by atoms with Crippen molar-refractivity contribution in [2.45, 2.75) is 32.3 Å². The number of hydrazine groups is 1. The Balaban J connectivity index is 1.63. The van der Waals surface area contributed by atoms with Gasteiger partial charge in [0.05, 0.1) is 6.54 Å². The second kappa shape index (κ2) is 8.21. The summed E-state index contributed by atoms with van der Waals surface area (Å²) >= 11 is 0. The number of hydrogen-bond acceptors (Lipinski definition) is 4. The van der Waals surface area contributed by atoms with Crippen LogP contribution in [0.5, 0.6) is 0 Å². The average Bonchev–Trinajstić information content (AvgIpc) is 3.36. The normalized spacial score (nSPS) is 12.0. The van der Waals surface area contributed by atoms with E-state index in [4.69, 9.17) is 0 Å². The Hall–Kier alpha value is -3.56. The Bertz CT molecular complexity index is 801. The van der Waals surface area contributed by atoms with E-state index in [9.17, 15) is 20.2 Å². The van der Waals surface area contributed by atoms with Crippen LogP contribution in [-0.4, -0.2) is 34.7 Å². The molecule has 0 N–H and O–H groups in total. The standard InChI is InChI=1S/C17H20N6O4/c24-22(25)17(13-18-6-1-2-7-18)11-16-5-10-20(12-16)15-21(23(26)27)14-19-8-3-4-9-19/h1-10,12,17H,11,13-15H2. The van der Waals surface area contributed by atoms with Crippen LogP contribution in [0, 0.1) is 20.2 Å². The summed E-state index contributed by atoms with van der Waals surface area (Å²) in [4.78, 5) is 22.4. The minimum absolute atomic E-state index is 0.0475. The van der Waals surface area contributed by atoms with Gasteiger partial charge in [-0.05, 0) is 35.9 Å². The second-order valence-corrected chi connectivity index (χ2v) is 6.28. The predicted octanol–water partition coefficient (Wildman–Crippen LogP) is 2.09. The molecule has 0 amide bonds. The van der Waals surface area contributed by atoms with Crippen molar-refractivity contribution in [3.63, 3.8) is 0 Å². The Morgan fingerprint density at radius 2 is 1.48 bits per heavy atom. The molecule has 3 aromatic heterocycles. The first-order chi connectivity index (χ1) is 13.0. The third-order valence-corrected chi connectivity index (χ3v) is 4.22. The molecule has 0 fully saturated rings. The van der Waals surface area contributed by atoms with Gasteiger partial charge >= 0.3 is 0 Å². The van der Waals surface area contributed by atoms with Crippen LogP contribution in [0.1, 0.15) is 5.56 Å². The summed E-state index contributed by atoms with van der Waals surface area (Å²) in [6.45, 7) is 0.435. The number of nitrogens with zero attached hydrogens (tertiary/aromatic N) is 6. The highest BCUT2D eigenvalue weighted by molar-refractivity contribution is 5.11. The highest BCUT2D eigenvalue weighted by Crippen LogP contribution is 2.11. The molecule has 27 heavy (non-hydrogen) atoms. The molecule has 0 saturated heterocycles. The molecule has 0 aliphatic rings. The minimum atomic E-state index is -0.764. The summed E-state index contributed by atoms with van der Waals surface area (Å²) in [5.74, 6) is 0. The first-order valence-corrected chi connectivity index (χ1v) is 8.40. The zero-order valence-electron chi connectivity index (χ0n) is 14.6. The molecule has 0 saturated carbocycles. The van der Waals surface area contributed by atoms with Gasteiger partial charge in [-0.1, -0.05) is 5.01 Å². The van der Waals surface area contributed by atoms with Crippen LogP contribution in [0.3, 0.4) is 0 Å². The van der Waals surface area contributed by atoms with Crippen LogP contribution < -0.4 is 0 Å². The first kappa shape index (κ1) is 18.2. The number of rotatable bonds is 10. The Morgan fingerprint density at radius 1 is 0.889 bits per heavy atom. The van der Waals surface area contributed by atoms with Crippen LogP contribution in [0.2, 0.25) is 0 Å². The molecule has 10 nitrogen and oxygen atoms in total. The van der Waals surface area contributed by atoms with Crippen molar-refractivity contribution in [3.8, 4) is 0 Å². The minimum Gasteiger partial charge on any atom is -0.347 e. The van der Waals surface area contributed by atoms with Gasteiger partial charge in [0, 0.05) is 48.5 Å². The van der Waals surface area contributed by atoms with Crippen LogP contribution in [0.15, 0.2) is 67.5 Å². The van der Waals surface area contributed by atoms with Crippen molar-refractivity contribution in [2.75, 3.05) is 0 Å². The van der Waals surface area contributed by atoms with Gasteiger partial charge in [-0.15, -0.1) is 0 Å². The van der Waals surface area contributed by atoms with E-state index in [1.807, 2.05) is 12.1 Å². The second-order valence-electron chi connectivity index (χ2n) is 6.28. The SMILES string of the molecule is O=[N+]([O-])C(Cc1ccn(CN(Cn2cccc2)[N+](=O)[O-])c1)Cn1cccc1. The van der Waals surface area contributed by atoms with E-state index in [2.05, 4.69) is 0 Å². The molecule has 0 aliphatic carbocycles. The number of nitro groups is 2. The van der Waals surface area contributed by atoms with Gasteiger partial charge in [0.2, 0.25) is 6.04 Å². The maximum absolute atomic E-state index is 11.4. The van der Waals surface area contributed by atoms with Gasteiger partial charge in [0.15, 0.2) is 18.4 Å². The van der Waals surface area contributed by atoms with Crippen LogP contribution in [0.25, 0.3) is 0 Å². The molecule has 142 valence electrons. The van der Waals surface area contributed by atoms with E-state index >= 15 is 0 Å². The summed E-state index contributed by atoms with van der Waals surface area (Å²) in [5.41, 5.74) is 0.771. The fourth-order valence-electron chi connectivity index (χ4n) is 2.90. The molecule has 0 spiro atoms. The van der Waals surface area contributed by atoms with Gasteiger partial charge in [0.1, 0.15) is 0 Å². The first-order valence-electron chi connectivity index (χ1n) is 8.40. The Morgan fingerprint density at radius 3 is 2.07 bits per heavy atom. The van der Waals surface area contributed by atoms with Crippen molar-refractivity contribution in [1.29, 1.82) is 0 Å². The van der Waals surface area contributed by atoms with E-state index in [1.165, 1.54) is 0 Å². The van der Waals surface area contributed by atoms with E-state index in [0.29, 0.717) is 0 Å². The average molecular weight is 372 g/mol. The molecule has 0 radical (unpaired) electrons. The quantitative estimate of drug-likeness (QED) is 0.400. The molecular formula is C17H20N6O4. The van der Waals surface area contributed by atoms with E-state index in [1.54, 1.807) is 69.1 Å². The van der Waals surface area contributed by atoms with Gasteiger partial charge < -0.3 is 13.7 Å². The Labute approximate surface area is 155 Å². The number of aromatic nitrogens is 3. The van der Waals surface area contributed by atoms with E-state index in [0.717, 1.165) is 10.6 Å². The number of hydrogen-bond donors (Lipinski definition) is 0. The third kappa shape index (κ3) is 4.97. The van der Waals surface area contributed by atoms with Crippen molar-refractivity contribution >= 4 is 0 Å². The summed E-state index contributed by atoms with van der Waals surface area (Å²) in [7, 11) is 0. The molecular weight excluding hydrogens is 352 g/mol. The summed E-state index contributed by atoms with van der Waals surface area (Å²) in [5, 5.41) is 23.3. The smallest absolute Gasteiger partial charge is 0.234 e. The lowest BCUT2D eigenvalue weighted by Gasteiger charge is -2.15. The lowest BCUT2D eigenvalue weighted by Crippen LogP contribution is -2.33. The zero-order valence-corrected chi connectivity index (χ0v) is 14.6. The largest absolute Gasteiger partial charge is 0.347 e. The third-order valence-electron chi connectivity index (χ3n) is 4.22. The maximum atomic E-state index is 11.4. The van der Waals surface area contributed by atoms with E-state index < -0.39 is 11.1 Å². The van der Waals surface area contributed by atoms with Gasteiger partial charge in [-0.25, -0.2) is 10.1 Å². The molecule has 3 heterocycles. The molecule has 3 aromatic rings. The maximum Gasteiger partial charge on any atom is 0.234 e. The molecule has 0 aliphatic heterocycles. The molecule has 1 unspecified atom stereocenters. The topological polar surface area (TPSA) is 104 Å². The summed E-state index contributed by atoms with van der Waals surface area (Å²) in [6, 6.07) is 8.25. The molecule has 0 aromatic carbocycles. The van der Waals surface area contributed by atoms with Crippen molar-refractivity contribution < 1.29 is 9.96 Å². The van der Waals surface area contributed by atoms with Crippen molar-refractivity contribution in [2.24, 2.45) is 0 Å². The van der Waals surface area contributed by atoms with Crippen LogP contribution in [-0.2, 0) is 26.3 Å². The zero-order chi connectivity index (χ0) is 19.2. The van der Waals surface area contributed by atoms with Gasteiger partial charge in [-0.2, -0.15) is 0 Å². The fraction of sp³-hybridized carbons (Fsp3) is 0.294. The van der Waals surface area contributed by atoms with Crippen LogP contribution in [0.4, 0.5) is 0 Å². The lowest BCUT2D eigenvalue weighted by atomic mass is 10.1. The Kier molecular flexibility index (Phi) is 5.55. The van der Waals surface area contributed by atoms with E-state index in [-0.39, 0.29) is 31.2 Å². The molecule has 0 bridgehead atoms. The summed E-state index contributed by atoms with van der Waals surface area (Å²) < 4.78 is 5.14. The van der Waals surface area contributed by atoms with Crippen molar-refractivity contribution in [3.05, 3.63) is 93.3 Å². The highest BCUT2D eigenvalue weighted by Gasteiger charge is 2.22. The lowest BCUT2D eigenvalue weighted by molar-refractivity contribution is -0.670. The molecule has 1 atom stereocenters. The predicted molar refractivity (Wildman–Crippen MR) is 96.6 cm³/mol. The fourth-order valence-corrected chi connectivity index (χ4v) is 2.90. The monoisotopic (exact) mass is 372 g/mol. The van der Waals surface area contributed by atoms with Crippen LogP contribution >= 0.6 is 0 Å². The molecule has 3 rings (SSSR count). The van der Waals surface area contributed by atoms with Gasteiger partial charge in [-0.3, -0.25) is 10.1 Å². The van der Waals surface area contributed by atoms with Gasteiger partial charge in [0.25, 0.3) is 0 Å². The molecule has 10 heteroatoms.